The highest BCUT2D eigenvalue weighted by Gasteiger charge is 2.17. The third-order valence-corrected chi connectivity index (χ3v) is 4.00. The van der Waals surface area contributed by atoms with Gasteiger partial charge in [-0.15, -0.1) is 0 Å². The second kappa shape index (κ2) is 7.31. The number of hydrogen-bond acceptors (Lipinski definition) is 6. The Labute approximate surface area is 151 Å². The minimum atomic E-state index is -0.0908. The zero-order valence-electron chi connectivity index (χ0n) is 15.0. The molecule has 0 aliphatic carbocycles. The Morgan fingerprint density at radius 3 is 1.85 bits per heavy atom. The number of ether oxygens (including phenoxy) is 5. The number of methoxy groups -OCH3 is 4. The summed E-state index contributed by atoms with van der Waals surface area (Å²) in [5, 5.41) is 12.1. The van der Waals surface area contributed by atoms with Crippen molar-refractivity contribution in [2.75, 3.05) is 28.4 Å². The first kappa shape index (κ1) is 17.5. The lowest BCUT2D eigenvalue weighted by Gasteiger charge is -2.15. The number of hydrogen-bond donors (Lipinski definition) is 1. The van der Waals surface area contributed by atoms with Gasteiger partial charge in [0, 0.05) is 23.6 Å². The number of phenolic OH excluding ortho intramolecular Hbond substituents is 1. The van der Waals surface area contributed by atoms with E-state index in [-0.39, 0.29) is 11.5 Å². The number of phenols is 1. The van der Waals surface area contributed by atoms with Gasteiger partial charge in [0.1, 0.15) is 23.0 Å². The first-order valence-electron chi connectivity index (χ1n) is 7.88. The molecular weight excluding hydrogens is 336 g/mol. The van der Waals surface area contributed by atoms with Gasteiger partial charge in [-0.2, -0.15) is 0 Å². The summed E-state index contributed by atoms with van der Waals surface area (Å²) in [6.07, 6.45) is 0. The van der Waals surface area contributed by atoms with E-state index in [1.807, 2.05) is 12.1 Å². The van der Waals surface area contributed by atoms with Crippen molar-refractivity contribution in [3.63, 3.8) is 0 Å². The summed E-state index contributed by atoms with van der Waals surface area (Å²) in [7, 11) is 6.20. The molecule has 0 amide bonds. The van der Waals surface area contributed by atoms with Crippen molar-refractivity contribution in [1.29, 1.82) is 0 Å². The molecule has 0 aliphatic heterocycles. The maximum Gasteiger partial charge on any atom is 0.202 e. The Kier molecular flexibility index (Phi) is 4.93. The summed E-state index contributed by atoms with van der Waals surface area (Å²) >= 11 is 0. The highest BCUT2D eigenvalue weighted by molar-refractivity contribution is 5.94. The van der Waals surface area contributed by atoms with Gasteiger partial charge in [0.15, 0.2) is 11.5 Å². The number of benzene rings is 3. The van der Waals surface area contributed by atoms with E-state index in [2.05, 4.69) is 0 Å². The number of rotatable bonds is 6. The zero-order valence-corrected chi connectivity index (χ0v) is 15.0. The summed E-state index contributed by atoms with van der Waals surface area (Å²) < 4.78 is 27.1. The molecule has 0 spiro atoms. The third kappa shape index (κ3) is 3.26. The molecule has 3 aromatic rings. The van der Waals surface area contributed by atoms with Crippen molar-refractivity contribution in [2.45, 2.75) is 0 Å². The molecule has 3 rings (SSSR count). The maximum absolute atomic E-state index is 10.6. The second-order valence-electron chi connectivity index (χ2n) is 5.49. The molecule has 0 bridgehead atoms. The molecule has 3 aromatic carbocycles. The molecule has 0 fully saturated rings. The summed E-state index contributed by atoms with van der Waals surface area (Å²) in [5.74, 6) is 2.79. The highest BCUT2D eigenvalue weighted by Crippen LogP contribution is 2.46. The molecule has 26 heavy (non-hydrogen) atoms. The summed E-state index contributed by atoms with van der Waals surface area (Å²) in [6.45, 7) is 0. The predicted octanol–water partition coefficient (Wildman–Crippen LogP) is 4.37. The van der Waals surface area contributed by atoms with Crippen molar-refractivity contribution in [1.82, 2.24) is 0 Å². The van der Waals surface area contributed by atoms with Crippen LogP contribution in [0, 0.1) is 0 Å². The Morgan fingerprint density at radius 2 is 1.27 bits per heavy atom. The first-order valence-corrected chi connectivity index (χ1v) is 7.88. The summed E-state index contributed by atoms with van der Waals surface area (Å²) in [5.41, 5.74) is 0. The van der Waals surface area contributed by atoms with E-state index in [4.69, 9.17) is 23.7 Å². The van der Waals surface area contributed by atoms with Gasteiger partial charge >= 0.3 is 0 Å². The average molecular weight is 356 g/mol. The van der Waals surface area contributed by atoms with Crippen LogP contribution in [0.5, 0.6) is 40.2 Å². The molecule has 0 saturated carbocycles. The van der Waals surface area contributed by atoms with Crippen LogP contribution in [-0.2, 0) is 0 Å². The second-order valence-corrected chi connectivity index (χ2v) is 5.49. The van der Waals surface area contributed by atoms with Crippen LogP contribution >= 0.6 is 0 Å². The quantitative estimate of drug-likeness (QED) is 0.707. The topological polar surface area (TPSA) is 66.4 Å². The molecule has 6 heteroatoms. The standard InChI is InChI=1S/C20H20O6/c1-22-13-5-6-17-12(7-13)8-18(25-4)19(21)20(17)26-16-10-14(23-2)9-15(11-16)24-3/h5-11,21H,1-4H3. The van der Waals surface area contributed by atoms with E-state index < -0.39 is 0 Å². The lowest BCUT2D eigenvalue weighted by atomic mass is 10.1. The monoisotopic (exact) mass is 356 g/mol. The van der Waals surface area contributed by atoms with E-state index >= 15 is 0 Å². The SMILES string of the molecule is COc1cc(OC)cc(Oc2c(O)c(OC)cc3cc(OC)ccc23)c1. The highest BCUT2D eigenvalue weighted by atomic mass is 16.5. The fourth-order valence-corrected chi connectivity index (χ4v) is 2.66. The van der Waals surface area contributed by atoms with Crippen LogP contribution in [0.4, 0.5) is 0 Å². The Hall–Kier alpha value is -3.28. The first-order chi connectivity index (χ1) is 12.6. The van der Waals surface area contributed by atoms with E-state index in [1.54, 1.807) is 51.7 Å². The van der Waals surface area contributed by atoms with Crippen LogP contribution in [0.3, 0.4) is 0 Å². The molecule has 0 aliphatic rings. The van der Waals surface area contributed by atoms with Gasteiger partial charge < -0.3 is 28.8 Å². The normalized spacial score (nSPS) is 10.5. The molecule has 0 atom stereocenters. The minimum Gasteiger partial charge on any atom is -0.502 e. The van der Waals surface area contributed by atoms with Gasteiger partial charge in [-0.25, -0.2) is 0 Å². The van der Waals surface area contributed by atoms with Gasteiger partial charge in [0.05, 0.1) is 28.4 Å². The van der Waals surface area contributed by atoms with Crippen LogP contribution in [0.1, 0.15) is 0 Å². The van der Waals surface area contributed by atoms with Crippen LogP contribution < -0.4 is 23.7 Å². The predicted molar refractivity (Wildman–Crippen MR) is 98.3 cm³/mol. The number of fused-ring (bicyclic) bond motifs is 1. The van der Waals surface area contributed by atoms with Gasteiger partial charge in [0.25, 0.3) is 0 Å². The van der Waals surface area contributed by atoms with Crippen molar-refractivity contribution in [3.8, 4) is 40.2 Å². The zero-order chi connectivity index (χ0) is 18.7. The van der Waals surface area contributed by atoms with Gasteiger partial charge in [-0.05, 0) is 29.7 Å². The van der Waals surface area contributed by atoms with E-state index in [0.29, 0.717) is 34.1 Å². The minimum absolute atomic E-state index is 0.0908. The fourth-order valence-electron chi connectivity index (χ4n) is 2.66. The molecular formula is C20H20O6. The molecule has 0 heterocycles. The van der Waals surface area contributed by atoms with Crippen LogP contribution in [0.15, 0.2) is 42.5 Å². The largest absolute Gasteiger partial charge is 0.502 e. The van der Waals surface area contributed by atoms with Gasteiger partial charge in [-0.3, -0.25) is 0 Å². The van der Waals surface area contributed by atoms with E-state index in [1.165, 1.54) is 7.11 Å². The molecule has 6 nitrogen and oxygen atoms in total. The third-order valence-electron chi connectivity index (χ3n) is 4.00. The van der Waals surface area contributed by atoms with Crippen LogP contribution in [-0.4, -0.2) is 33.5 Å². The lowest BCUT2D eigenvalue weighted by Crippen LogP contribution is -1.93. The molecule has 0 aromatic heterocycles. The van der Waals surface area contributed by atoms with Gasteiger partial charge in [0.2, 0.25) is 5.75 Å². The van der Waals surface area contributed by atoms with E-state index in [9.17, 15) is 5.11 Å². The smallest absolute Gasteiger partial charge is 0.202 e. The lowest BCUT2D eigenvalue weighted by molar-refractivity contribution is 0.354. The average Bonchev–Trinajstić information content (AvgIpc) is 2.68. The molecule has 0 saturated heterocycles. The van der Waals surface area contributed by atoms with Crippen molar-refractivity contribution in [2.24, 2.45) is 0 Å². The Bertz CT molecular complexity index is 913. The molecule has 136 valence electrons. The van der Waals surface area contributed by atoms with Crippen LogP contribution in [0.25, 0.3) is 10.8 Å². The summed E-state index contributed by atoms with van der Waals surface area (Å²) in [4.78, 5) is 0. The Balaban J connectivity index is 2.16. The van der Waals surface area contributed by atoms with Gasteiger partial charge in [-0.1, -0.05) is 0 Å². The molecule has 0 unspecified atom stereocenters. The number of aromatic hydroxyl groups is 1. The maximum atomic E-state index is 10.6. The van der Waals surface area contributed by atoms with Crippen molar-refractivity contribution >= 4 is 10.8 Å². The van der Waals surface area contributed by atoms with Crippen LogP contribution in [0.2, 0.25) is 0 Å². The fraction of sp³-hybridized carbons (Fsp3) is 0.200. The van der Waals surface area contributed by atoms with Crippen molar-refractivity contribution < 1.29 is 28.8 Å². The molecule has 0 radical (unpaired) electrons. The molecule has 1 N–H and O–H groups in total. The Morgan fingerprint density at radius 1 is 0.654 bits per heavy atom. The summed E-state index contributed by atoms with van der Waals surface area (Å²) in [6, 6.07) is 12.3. The van der Waals surface area contributed by atoms with E-state index in [0.717, 1.165) is 5.39 Å². The van der Waals surface area contributed by atoms with Crippen molar-refractivity contribution in [3.05, 3.63) is 42.5 Å².